The van der Waals surface area contributed by atoms with Gasteiger partial charge in [0.25, 0.3) is 0 Å². The number of hydrogen-bond acceptors (Lipinski definition) is 3. The molecule has 0 aromatic heterocycles. The average Bonchev–Trinajstić information content (AvgIpc) is 2.38. The lowest BCUT2D eigenvalue weighted by molar-refractivity contribution is 0.386. The Morgan fingerprint density at radius 3 is 2.71 bits per heavy atom. The van der Waals surface area contributed by atoms with Crippen molar-refractivity contribution in [3.63, 3.8) is 0 Å². The van der Waals surface area contributed by atoms with Gasteiger partial charge in [-0.15, -0.1) is 6.58 Å². The average molecular weight is 235 g/mol. The van der Waals surface area contributed by atoms with Crippen molar-refractivity contribution in [2.24, 2.45) is 0 Å². The molecule has 17 heavy (non-hydrogen) atoms. The van der Waals surface area contributed by atoms with E-state index in [4.69, 9.17) is 9.47 Å². The van der Waals surface area contributed by atoms with Gasteiger partial charge >= 0.3 is 0 Å². The smallest absolute Gasteiger partial charge is 0.127 e. The second-order valence-electron chi connectivity index (χ2n) is 3.86. The number of benzene rings is 1. The fourth-order valence-corrected chi connectivity index (χ4v) is 1.69. The molecule has 1 N–H and O–H groups in total. The first kappa shape index (κ1) is 13.6. The van der Waals surface area contributed by atoms with Crippen molar-refractivity contribution in [1.82, 2.24) is 5.32 Å². The van der Waals surface area contributed by atoms with E-state index < -0.39 is 0 Å². The van der Waals surface area contributed by atoms with Gasteiger partial charge in [0.15, 0.2) is 0 Å². The van der Waals surface area contributed by atoms with Crippen molar-refractivity contribution >= 4 is 0 Å². The standard InChI is InChI=1S/C14H21NO2/c1-5-6-9-15-11(2)13-8-7-12(16-3)10-14(13)17-4/h5,7-8,10-11,15H,1,6,9H2,2-4H3. The Hall–Kier alpha value is -1.48. The Labute approximate surface area is 103 Å². The van der Waals surface area contributed by atoms with Crippen molar-refractivity contribution in [3.05, 3.63) is 36.4 Å². The molecule has 0 radical (unpaired) electrons. The molecule has 0 fully saturated rings. The van der Waals surface area contributed by atoms with Gasteiger partial charge in [-0.25, -0.2) is 0 Å². The maximum atomic E-state index is 5.38. The van der Waals surface area contributed by atoms with Gasteiger partial charge in [-0.3, -0.25) is 0 Å². The van der Waals surface area contributed by atoms with Crippen LogP contribution in [0.1, 0.15) is 24.9 Å². The maximum absolute atomic E-state index is 5.38. The van der Waals surface area contributed by atoms with Crippen LogP contribution in [0.4, 0.5) is 0 Å². The highest BCUT2D eigenvalue weighted by molar-refractivity contribution is 5.42. The molecule has 3 heteroatoms. The van der Waals surface area contributed by atoms with E-state index in [9.17, 15) is 0 Å². The van der Waals surface area contributed by atoms with E-state index in [1.807, 2.05) is 24.3 Å². The Morgan fingerprint density at radius 1 is 1.35 bits per heavy atom. The normalized spacial score (nSPS) is 11.9. The first-order valence-electron chi connectivity index (χ1n) is 5.79. The molecule has 0 saturated carbocycles. The number of hydrogen-bond donors (Lipinski definition) is 1. The number of ether oxygens (including phenoxy) is 2. The summed E-state index contributed by atoms with van der Waals surface area (Å²) in [5.74, 6) is 1.66. The molecule has 94 valence electrons. The Morgan fingerprint density at radius 2 is 2.12 bits per heavy atom. The zero-order valence-corrected chi connectivity index (χ0v) is 10.8. The van der Waals surface area contributed by atoms with Gasteiger partial charge in [0.1, 0.15) is 11.5 Å². The van der Waals surface area contributed by atoms with Crippen LogP contribution in [0, 0.1) is 0 Å². The quantitative estimate of drug-likeness (QED) is 0.582. The van der Waals surface area contributed by atoms with Crippen LogP contribution >= 0.6 is 0 Å². The van der Waals surface area contributed by atoms with Crippen LogP contribution in [0.3, 0.4) is 0 Å². The van der Waals surface area contributed by atoms with Gasteiger partial charge in [-0.2, -0.15) is 0 Å². The molecule has 0 amide bonds. The van der Waals surface area contributed by atoms with E-state index >= 15 is 0 Å². The Balaban J connectivity index is 2.77. The molecule has 3 nitrogen and oxygen atoms in total. The topological polar surface area (TPSA) is 30.5 Å². The van der Waals surface area contributed by atoms with Crippen LogP contribution in [0.5, 0.6) is 11.5 Å². The van der Waals surface area contributed by atoms with E-state index in [-0.39, 0.29) is 6.04 Å². The molecular formula is C14H21NO2. The van der Waals surface area contributed by atoms with Crippen LogP contribution in [-0.4, -0.2) is 20.8 Å². The van der Waals surface area contributed by atoms with Gasteiger partial charge in [0, 0.05) is 17.7 Å². The summed E-state index contributed by atoms with van der Waals surface area (Å²) in [6.07, 6.45) is 2.87. The molecule has 0 bridgehead atoms. The zero-order valence-electron chi connectivity index (χ0n) is 10.8. The van der Waals surface area contributed by atoms with Gasteiger partial charge < -0.3 is 14.8 Å². The predicted molar refractivity (Wildman–Crippen MR) is 70.8 cm³/mol. The molecule has 0 saturated heterocycles. The van der Waals surface area contributed by atoms with Crippen LogP contribution in [0.15, 0.2) is 30.9 Å². The van der Waals surface area contributed by atoms with Crippen LogP contribution in [0.2, 0.25) is 0 Å². The molecule has 1 atom stereocenters. The summed E-state index contributed by atoms with van der Waals surface area (Å²) in [4.78, 5) is 0. The van der Waals surface area contributed by atoms with Crippen molar-refractivity contribution < 1.29 is 9.47 Å². The predicted octanol–water partition coefficient (Wildman–Crippen LogP) is 2.93. The first-order chi connectivity index (χ1) is 8.22. The molecule has 0 aliphatic carbocycles. The van der Waals surface area contributed by atoms with E-state index in [1.54, 1.807) is 14.2 Å². The van der Waals surface area contributed by atoms with Gasteiger partial charge in [-0.1, -0.05) is 12.1 Å². The Bertz CT molecular complexity index is 363. The van der Waals surface area contributed by atoms with Gasteiger partial charge in [0.2, 0.25) is 0 Å². The SMILES string of the molecule is C=CCCNC(C)c1ccc(OC)cc1OC. The highest BCUT2D eigenvalue weighted by atomic mass is 16.5. The van der Waals surface area contributed by atoms with Gasteiger partial charge in [-0.05, 0) is 26.0 Å². The van der Waals surface area contributed by atoms with E-state index in [2.05, 4.69) is 18.8 Å². The molecule has 0 aliphatic heterocycles. The first-order valence-corrected chi connectivity index (χ1v) is 5.79. The second-order valence-corrected chi connectivity index (χ2v) is 3.86. The molecule has 0 spiro atoms. The lowest BCUT2D eigenvalue weighted by Crippen LogP contribution is -2.20. The summed E-state index contributed by atoms with van der Waals surface area (Å²) < 4.78 is 10.6. The second kappa shape index (κ2) is 6.97. The highest BCUT2D eigenvalue weighted by Crippen LogP contribution is 2.29. The summed E-state index contributed by atoms with van der Waals surface area (Å²) in [5, 5.41) is 3.42. The highest BCUT2D eigenvalue weighted by Gasteiger charge is 2.11. The third-order valence-electron chi connectivity index (χ3n) is 2.71. The maximum Gasteiger partial charge on any atom is 0.127 e. The van der Waals surface area contributed by atoms with Crippen molar-refractivity contribution in [2.45, 2.75) is 19.4 Å². The number of methoxy groups -OCH3 is 2. The molecule has 0 heterocycles. The number of rotatable bonds is 7. The fourth-order valence-electron chi connectivity index (χ4n) is 1.69. The summed E-state index contributed by atoms with van der Waals surface area (Å²) >= 11 is 0. The molecule has 1 unspecified atom stereocenters. The molecule has 1 rings (SSSR count). The van der Waals surface area contributed by atoms with Crippen molar-refractivity contribution in [2.75, 3.05) is 20.8 Å². The largest absolute Gasteiger partial charge is 0.497 e. The van der Waals surface area contributed by atoms with Crippen molar-refractivity contribution in [3.8, 4) is 11.5 Å². The summed E-state index contributed by atoms with van der Waals surface area (Å²) in [5.41, 5.74) is 1.14. The summed E-state index contributed by atoms with van der Waals surface area (Å²) in [7, 11) is 3.33. The van der Waals surface area contributed by atoms with E-state index in [0.29, 0.717) is 0 Å². The number of nitrogens with one attached hydrogen (secondary N) is 1. The molecule has 0 aliphatic rings. The Kier molecular flexibility index (Phi) is 5.57. The lowest BCUT2D eigenvalue weighted by atomic mass is 10.1. The van der Waals surface area contributed by atoms with Crippen molar-refractivity contribution in [1.29, 1.82) is 0 Å². The minimum absolute atomic E-state index is 0.246. The fraction of sp³-hybridized carbons (Fsp3) is 0.429. The van der Waals surface area contributed by atoms with E-state index in [0.717, 1.165) is 30.0 Å². The molecule has 1 aromatic carbocycles. The monoisotopic (exact) mass is 235 g/mol. The van der Waals surface area contributed by atoms with Crippen LogP contribution < -0.4 is 14.8 Å². The minimum atomic E-state index is 0.246. The minimum Gasteiger partial charge on any atom is -0.497 e. The van der Waals surface area contributed by atoms with Crippen LogP contribution in [-0.2, 0) is 0 Å². The van der Waals surface area contributed by atoms with Gasteiger partial charge in [0.05, 0.1) is 14.2 Å². The van der Waals surface area contributed by atoms with Crippen LogP contribution in [0.25, 0.3) is 0 Å². The molecular weight excluding hydrogens is 214 g/mol. The third kappa shape index (κ3) is 3.79. The van der Waals surface area contributed by atoms with E-state index in [1.165, 1.54) is 0 Å². The summed E-state index contributed by atoms with van der Waals surface area (Å²) in [6.45, 7) is 6.74. The lowest BCUT2D eigenvalue weighted by Gasteiger charge is -2.17. The zero-order chi connectivity index (χ0) is 12.7. The third-order valence-corrected chi connectivity index (χ3v) is 2.71. The molecule has 1 aromatic rings. The summed E-state index contributed by atoms with van der Waals surface area (Å²) in [6, 6.07) is 6.13.